The average molecular weight is 195 g/mol. The first-order valence-corrected chi connectivity index (χ1v) is 4.84. The summed E-state index contributed by atoms with van der Waals surface area (Å²) in [6, 6.07) is 6.95. The van der Waals surface area contributed by atoms with Crippen molar-refractivity contribution >= 4 is 0 Å². The summed E-state index contributed by atoms with van der Waals surface area (Å²) in [4.78, 5) is 0. The van der Waals surface area contributed by atoms with Crippen LogP contribution in [0.15, 0.2) is 24.3 Å². The van der Waals surface area contributed by atoms with Crippen LogP contribution in [0.1, 0.15) is 24.4 Å². The molecule has 0 aromatic heterocycles. The Bertz CT molecular complexity index is 299. The molecule has 1 aromatic carbocycles. The third-order valence-corrected chi connectivity index (χ3v) is 2.66. The van der Waals surface area contributed by atoms with E-state index in [1.807, 2.05) is 12.1 Å². The molecular formula is C11H14FNO. The van der Waals surface area contributed by atoms with Gasteiger partial charge < -0.3 is 4.74 Å². The van der Waals surface area contributed by atoms with Gasteiger partial charge in [0.2, 0.25) is 0 Å². The first-order valence-electron chi connectivity index (χ1n) is 4.84. The van der Waals surface area contributed by atoms with E-state index < -0.39 is 0 Å². The number of hydrogen-bond acceptors (Lipinski definition) is 2. The predicted octanol–water partition coefficient (Wildman–Crippen LogP) is 2.22. The van der Waals surface area contributed by atoms with E-state index in [1.54, 1.807) is 7.11 Å². The summed E-state index contributed by atoms with van der Waals surface area (Å²) in [7, 11) is 1.70. The van der Waals surface area contributed by atoms with Crippen molar-refractivity contribution in [3.05, 3.63) is 35.6 Å². The SMILES string of the molecule is COC1CCC(c2ccc(F)cc2)N1. The third-order valence-electron chi connectivity index (χ3n) is 2.66. The molecule has 0 aliphatic carbocycles. The lowest BCUT2D eigenvalue weighted by Gasteiger charge is -2.13. The van der Waals surface area contributed by atoms with E-state index in [2.05, 4.69) is 5.32 Å². The van der Waals surface area contributed by atoms with Crippen molar-refractivity contribution < 1.29 is 9.13 Å². The molecule has 1 aliphatic heterocycles. The molecule has 1 saturated heterocycles. The third kappa shape index (κ3) is 1.94. The van der Waals surface area contributed by atoms with Gasteiger partial charge >= 0.3 is 0 Å². The zero-order valence-corrected chi connectivity index (χ0v) is 8.16. The molecule has 0 saturated carbocycles. The molecule has 2 nitrogen and oxygen atoms in total. The smallest absolute Gasteiger partial charge is 0.123 e. The summed E-state index contributed by atoms with van der Waals surface area (Å²) in [5.41, 5.74) is 1.13. The summed E-state index contributed by atoms with van der Waals surface area (Å²) in [6.07, 6.45) is 2.20. The lowest BCUT2D eigenvalue weighted by Crippen LogP contribution is -2.25. The Hall–Kier alpha value is -0.930. The molecule has 0 spiro atoms. The van der Waals surface area contributed by atoms with E-state index in [-0.39, 0.29) is 12.0 Å². The Morgan fingerprint density at radius 3 is 2.57 bits per heavy atom. The highest BCUT2D eigenvalue weighted by Gasteiger charge is 2.24. The van der Waals surface area contributed by atoms with Gasteiger partial charge in [-0.05, 0) is 30.5 Å². The summed E-state index contributed by atoms with van der Waals surface area (Å²) >= 11 is 0. The molecule has 0 amide bonds. The highest BCUT2D eigenvalue weighted by Crippen LogP contribution is 2.26. The van der Waals surface area contributed by atoms with Crippen LogP contribution in [0.4, 0.5) is 4.39 Å². The Labute approximate surface area is 83.1 Å². The van der Waals surface area contributed by atoms with Gasteiger partial charge in [0.15, 0.2) is 0 Å². The molecule has 14 heavy (non-hydrogen) atoms. The number of benzene rings is 1. The zero-order valence-electron chi connectivity index (χ0n) is 8.16. The van der Waals surface area contributed by atoms with Crippen molar-refractivity contribution in [3.8, 4) is 0 Å². The summed E-state index contributed by atoms with van der Waals surface area (Å²) < 4.78 is 17.9. The van der Waals surface area contributed by atoms with Crippen LogP contribution in [-0.4, -0.2) is 13.3 Å². The summed E-state index contributed by atoms with van der Waals surface area (Å²) in [6.45, 7) is 0. The van der Waals surface area contributed by atoms with Crippen LogP contribution in [0.3, 0.4) is 0 Å². The van der Waals surface area contributed by atoms with E-state index >= 15 is 0 Å². The topological polar surface area (TPSA) is 21.3 Å². The maximum Gasteiger partial charge on any atom is 0.123 e. The minimum absolute atomic E-state index is 0.144. The molecule has 1 heterocycles. The van der Waals surface area contributed by atoms with Crippen LogP contribution in [-0.2, 0) is 4.74 Å². The average Bonchev–Trinajstić information content (AvgIpc) is 2.67. The van der Waals surface area contributed by atoms with Crippen molar-refractivity contribution in [2.24, 2.45) is 0 Å². The van der Waals surface area contributed by atoms with Crippen molar-refractivity contribution in [1.29, 1.82) is 0 Å². The van der Waals surface area contributed by atoms with Gasteiger partial charge in [-0.1, -0.05) is 12.1 Å². The van der Waals surface area contributed by atoms with Gasteiger partial charge in [-0.25, -0.2) is 4.39 Å². The number of hydrogen-bond donors (Lipinski definition) is 1. The fraction of sp³-hybridized carbons (Fsp3) is 0.455. The molecule has 2 atom stereocenters. The summed E-state index contributed by atoms with van der Waals surface area (Å²) in [5, 5.41) is 3.33. The maximum absolute atomic E-state index is 12.7. The van der Waals surface area contributed by atoms with Crippen LogP contribution in [0.2, 0.25) is 0 Å². The molecule has 1 N–H and O–H groups in total. The van der Waals surface area contributed by atoms with Crippen molar-refractivity contribution in [3.63, 3.8) is 0 Å². The first-order chi connectivity index (χ1) is 6.79. The minimum Gasteiger partial charge on any atom is -0.367 e. The fourth-order valence-corrected chi connectivity index (χ4v) is 1.85. The highest BCUT2D eigenvalue weighted by molar-refractivity contribution is 5.20. The Kier molecular flexibility index (Phi) is 2.79. The van der Waals surface area contributed by atoms with Gasteiger partial charge in [-0.3, -0.25) is 5.32 Å². The number of nitrogens with one attached hydrogen (secondary N) is 1. The fourth-order valence-electron chi connectivity index (χ4n) is 1.85. The number of rotatable bonds is 2. The molecule has 0 radical (unpaired) electrons. The molecule has 3 heteroatoms. The van der Waals surface area contributed by atoms with Gasteiger partial charge in [-0.2, -0.15) is 0 Å². The molecule has 1 aliphatic rings. The quantitative estimate of drug-likeness (QED) is 0.781. The predicted molar refractivity (Wildman–Crippen MR) is 52.3 cm³/mol. The Morgan fingerprint density at radius 1 is 1.29 bits per heavy atom. The van der Waals surface area contributed by atoms with Gasteiger partial charge in [0.1, 0.15) is 12.0 Å². The second kappa shape index (κ2) is 4.07. The number of ether oxygens (including phenoxy) is 1. The van der Waals surface area contributed by atoms with E-state index in [0.29, 0.717) is 6.04 Å². The van der Waals surface area contributed by atoms with Crippen molar-refractivity contribution in [2.45, 2.75) is 25.1 Å². The molecule has 2 rings (SSSR count). The minimum atomic E-state index is -0.185. The second-order valence-electron chi connectivity index (χ2n) is 3.57. The van der Waals surface area contributed by atoms with Gasteiger partial charge in [0, 0.05) is 13.2 Å². The van der Waals surface area contributed by atoms with Crippen LogP contribution >= 0.6 is 0 Å². The van der Waals surface area contributed by atoms with Gasteiger partial charge in [-0.15, -0.1) is 0 Å². The van der Waals surface area contributed by atoms with E-state index in [4.69, 9.17) is 4.74 Å². The lowest BCUT2D eigenvalue weighted by atomic mass is 10.1. The van der Waals surface area contributed by atoms with Crippen molar-refractivity contribution in [1.82, 2.24) is 5.32 Å². The monoisotopic (exact) mass is 195 g/mol. The molecule has 0 bridgehead atoms. The maximum atomic E-state index is 12.7. The van der Waals surface area contributed by atoms with Crippen LogP contribution in [0.5, 0.6) is 0 Å². The zero-order chi connectivity index (χ0) is 9.97. The first kappa shape index (κ1) is 9.62. The normalized spacial score (nSPS) is 26.7. The van der Waals surface area contributed by atoms with Crippen molar-refractivity contribution in [2.75, 3.05) is 7.11 Å². The lowest BCUT2D eigenvalue weighted by molar-refractivity contribution is 0.0871. The summed E-state index contributed by atoms with van der Waals surface area (Å²) in [5.74, 6) is -0.185. The Morgan fingerprint density at radius 2 is 2.00 bits per heavy atom. The molecule has 1 aromatic rings. The van der Waals surface area contributed by atoms with Gasteiger partial charge in [0.05, 0.1) is 0 Å². The second-order valence-corrected chi connectivity index (χ2v) is 3.57. The number of methoxy groups -OCH3 is 1. The molecule has 1 fully saturated rings. The standard InChI is InChI=1S/C11H14FNO/c1-14-11-7-6-10(13-11)8-2-4-9(12)5-3-8/h2-5,10-11,13H,6-7H2,1H3. The van der Waals surface area contributed by atoms with Crippen LogP contribution < -0.4 is 5.32 Å². The van der Waals surface area contributed by atoms with E-state index in [0.717, 1.165) is 18.4 Å². The largest absolute Gasteiger partial charge is 0.367 e. The van der Waals surface area contributed by atoms with Crippen LogP contribution in [0, 0.1) is 5.82 Å². The van der Waals surface area contributed by atoms with Crippen LogP contribution in [0.25, 0.3) is 0 Å². The highest BCUT2D eigenvalue weighted by atomic mass is 19.1. The molecule has 2 unspecified atom stereocenters. The number of halogens is 1. The van der Waals surface area contributed by atoms with E-state index in [9.17, 15) is 4.39 Å². The van der Waals surface area contributed by atoms with E-state index in [1.165, 1.54) is 12.1 Å². The molecular weight excluding hydrogens is 181 g/mol. The molecule has 76 valence electrons. The van der Waals surface area contributed by atoms with Gasteiger partial charge in [0.25, 0.3) is 0 Å². The Balaban J connectivity index is 2.06.